The topological polar surface area (TPSA) is 52.7 Å². The third kappa shape index (κ3) is 7.67. The van der Waals surface area contributed by atoms with Crippen LogP contribution in [-0.2, 0) is 16.0 Å². The van der Waals surface area contributed by atoms with Crippen LogP contribution in [0.3, 0.4) is 0 Å². The van der Waals surface area contributed by atoms with Crippen molar-refractivity contribution in [2.45, 2.75) is 45.6 Å². The second kappa shape index (κ2) is 9.83. The number of rotatable bonds is 9. The van der Waals surface area contributed by atoms with Crippen LogP contribution in [0, 0.1) is 0 Å². The van der Waals surface area contributed by atoms with E-state index in [0.29, 0.717) is 12.8 Å². The third-order valence-corrected chi connectivity index (χ3v) is 4.85. The number of hydrogen-bond donors (Lipinski definition) is 1. The molecule has 1 N–H and O–H groups in total. The second-order valence-corrected chi connectivity index (χ2v) is 7.98. The molecular weight excluding hydrogens is 326 g/mol. The smallest absolute Gasteiger partial charge is 0.221 e. The normalized spacial score (nSPS) is 16.4. The van der Waals surface area contributed by atoms with E-state index in [1.807, 2.05) is 13.8 Å². The summed E-state index contributed by atoms with van der Waals surface area (Å²) in [5, 5.41) is 2.98. The van der Waals surface area contributed by atoms with Gasteiger partial charge in [-0.05, 0) is 32.8 Å². The van der Waals surface area contributed by atoms with E-state index < -0.39 is 5.54 Å². The lowest BCUT2D eigenvalue weighted by atomic mass is 9.98. The lowest BCUT2D eigenvalue weighted by Gasteiger charge is -2.35. The van der Waals surface area contributed by atoms with E-state index in [0.717, 1.165) is 45.7 Å². The maximum Gasteiger partial charge on any atom is 0.221 e. The van der Waals surface area contributed by atoms with Crippen LogP contribution in [0.1, 0.15) is 39.2 Å². The van der Waals surface area contributed by atoms with E-state index in [4.69, 9.17) is 0 Å². The molecule has 0 unspecified atom stereocenters. The van der Waals surface area contributed by atoms with Crippen molar-refractivity contribution in [1.29, 1.82) is 0 Å². The van der Waals surface area contributed by atoms with Crippen LogP contribution in [0.25, 0.3) is 0 Å². The first-order chi connectivity index (χ1) is 12.3. The van der Waals surface area contributed by atoms with Gasteiger partial charge in [-0.25, -0.2) is 0 Å². The first-order valence-electron chi connectivity index (χ1n) is 9.63. The average Bonchev–Trinajstić information content (AvgIpc) is 2.58. The Bertz CT molecular complexity index is 578. The summed E-state index contributed by atoms with van der Waals surface area (Å²) in [6.45, 7) is 11.4. The molecule has 144 valence electrons. The summed E-state index contributed by atoms with van der Waals surface area (Å²) >= 11 is 0. The van der Waals surface area contributed by atoms with Gasteiger partial charge in [-0.3, -0.25) is 9.59 Å². The Morgan fingerprint density at radius 2 is 1.58 bits per heavy atom. The van der Waals surface area contributed by atoms with Gasteiger partial charge in [0.25, 0.3) is 0 Å². The molecule has 0 radical (unpaired) electrons. The van der Waals surface area contributed by atoms with Crippen LogP contribution in [0.15, 0.2) is 30.3 Å². The number of benzene rings is 1. The fraction of sp³-hybridized carbons (Fsp3) is 0.619. The summed E-state index contributed by atoms with van der Waals surface area (Å²) in [5.74, 6) is 0.129. The van der Waals surface area contributed by atoms with Crippen LogP contribution in [0.5, 0.6) is 0 Å². The van der Waals surface area contributed by atoms with Crippen molar-refractivity contribution in [2.24, 2.45) is 0 Å². The molecule has 0 atom stereocenters. The van der Waals surface area contributed by atoms with Gasteiger partial charge in [0, 0.05) is 57.6 Å². The molecule has 2 rings (SSSR count). The number of piperazine rings is 1. The van der Waals surface area contributed by atoms with Gasteiger partial charge >= 0.3 is 0 Å². The highest BCUT2D eigenvalue weighted by Gasteiger charge is 2.23. The summed E-state index contributed by atoms with van der Waals surface area (Å²) in [6, 6.07) is 10.6. The SMILES string of the molecule is CC(=O)CC(C)(C)NC(=O)CCN1CCN(CCc2ccccc2)CC1. The van der Waals surface area contributed by atoms with Crippen LogP contribution in [0.4, 0.5) is 0 Å². The number of hydrogen-bond acceptors (Lipinski definition) is 4. The molecule has 5 nitrogen and oxygen atoms in total. The Morgan fingerprint density at radius 1 is 1.00 bits per heavy atom. The maximum atomic E-state index is 12.1. The van der Waals surface area contributed by atoms with E-state index in [9.17, 15) is 9.59 Å². The first kappa shape index (κ1) is 20.6. The molecule has 1 saturated heterocycles. The minimum Gasteiger partial charge on any atom is -0.351 e. The Balaban J connectivity index is 1.62. The van der Waals surface area contributed by atoms with E-state index in [2.05, 4.69) is 45.4 Å². The molecule has 0 aliphatic carbocycles. The van der Waals surface area contributed by atoms with E-state index in [1.54, 1.807) is 6.92 Å². The Kier molecular flexibility index (Phi) is 7.79. The van der Waals surface area contributed by atoms with E-state index in [1.165, 1.54) is 5.56 Å². The van der Waals surface area contributed by atoms with Crippen molar-refractivity contribution < 1.29 is 9.59 Å². The van der Waals surface area contributed by atoms with Gasteiger partial charge in [-0.15, -0.1) is 0 Å². The van der Waals surface area contributed by atoms with Crippen LogP contribution in [0.2, 0.25) is 0 Å². The van der Waals surface area contributed by atoms with Crippen molar-refractivity contribution in [3.63, 3.8) is 0 Å². The van der Waals surface area contributed by atoms with Gasteiger partial charge in [0.15, 0.2) is 0 Å². The Morgan fingerprint density at radius 3 is 2.15 bits per heavy atom. The van der Waals surface area contributed by atoms with Crippen molar-refractivity contribution >= 4 is 11.7 Å². The van der Waals surface area contributed by atoms with Crippen molar-refractivity contribution in [2.75, 3.05) is 39.3 Å². The third-order valence-electron chi connectivity index (χ3n) is 4.85. The maximum absolute atomic E-state index is 12.1. The summed E-state index contributed by atoms with van der Waals surface area (Å²) in [6.07, 6.45) is 1.96. The zero-order valence-electron chi connectivity index (χ0n) is 16.5. The number of carbonyl (C=O) groups excluding carboxylic acids is 2. The molecule has 26 heavy (non-hydrogen) atoms. The number of amides is 1. The summed E-state index contributed by atoms with van der Waals surface area (Å²) in [5.41, 5.74) is 0.929. The molecule has 0 aromatic heterocycles. The molecule has 1 amide bonds. The van der Waals surface area contributed by atoms with Crippen molar-refractivity contribution in [3.05, 3.63) is 35.9 Å². The summed E-state index contributed by atoms with van der Waals surface area (Å²) < 4.78 is 0. The second-order valence-electron chi connectivity index (χ2n) is 7.98. The predicted molar refractivity (Wildman–Crippen MR) is 105 cm³/mol. The minimum atomic E-state index is -0.459. The summed E-state index contributed by atoms with van der Waals surface area (Å²) in [7, 11) is 0. The van der Waals surface area contributed by atoms with Gasteiger partial charge in [0.1, 0.15) is 5.78 Å². The zero-order chi connectivity index (χ0) is 19.0. The standard InChI is InChI=1S/C21H33N3O2/c1-18(25)17-21(2,3)22-20(26)10-12-24-15-13-23(14-16-24)11-9-19-7-5-4-6-8-19/h4-8H,9-17H2,1-3H3,(H,22,26). The lowest BCUT2D eigenvalue weighted by molar-refractivity contribution is -0.124. The molecule has 0 spiro atoms. The van der Waals surface area contributed by atoms with Crippen LogP contribution < -0.4 is 5.32 Å². The summed E-state index contributed by atoms with van der Waals surface area (Å²) in [4.78, 5) is 28.3. The van der Waals surface area contributed by atoms with Gasteiger partial charge in [0.05, 0.1) is 0 Å². The van der Waals surface area contributed by atoms with Gasteiger partial charge in [-0.2, -0.15) is 0 Å². The van der Waals surface area contributed by atoms with Crippen molar-refractivity contribution in [1.82, 2.24) is 15.1 Å². The van der Waals surface area contributed by atoms with Gasteiger partial charge in [0.2, 0.25) is 5.91 Å². The molecule has 0 saturated carbocycles. The molecule has 1 heterocycles. The highest BCUT2D eigenvalue weighted by molar-refractivity contribution is 5.80. The largest absolute Gasteiger partial charge is 0.351 e. The first-order valence-corrected chi connectivity index (χ1v) is 9.63. The molecular formula is C21H33N3O2. The van der Waals surface area contributed by atoms with Gasteiger partial charge < -0.3 is 15.1 Å². The van der Waals surface area contributed by atoms with Crippen molar-refractivity contribution in [3.8, 4) is 0 Å². The lowest BCUT2D eigenvalue weighted by Crippen LogP contribution is -2.49. The van der Waals surface area contributed by atoms with Crippen LogP contribution >= 0.6 is 0 Å². The fourth-order valence-electron chi connectivity index (χ4n) is 3.53. The Labute approximate surface area is 157 Å². The predicted octanol–water partition coefficient (Wildman–Crippen LogP) is 2.11. The zero-order valence-corrected chi connectivity index (χ0v) is 16.5. The van der Waals surface area contributed by atoms with E-state index in [-0.39, 0.29) is 11.7 Å². The fourth-order valence-corrected chi connectivity index (χ4v) is 3.53. The number of nitrogens with one attached hydrogen (secondary N) is 1. The average molecular weight is 360 g/mol. The highest BCUT2D eigenvalue weighted by atomic mass is 16.2. The quantitative estimate of drug-likeness (QED) is 0.734. The molecule has 1 aromatic carbocycles. The highest BCUT2D eigenvalue weighted by Crippen LogP contribution is 2.10. The molecule has 1 aromatic rings. The Hall–Kier alpha value is -1.72. The number of nitrogens with zero attached hydrogens (tertiary/aromatic N) is 2. The monoisotopic (exact) mass is 359 g/mol. The van der Waals surface area contributed by atoms with Crippen LogP contribution in [-0.4, -0.2) is 66.3 Å². The molecule has 0 bridgehead atoms. The molecule has 5 heteroatoms. The molecule has 1 aliphatic heterocycles. The number of Topliss-reactive ketones (excluding diaryl/α,β-unsaturated/α-hetero) is 1. The van der Waals surface area contributed by atoms with Gasteiger partial charge in [-0.1, -0.05) is 30.3 Å². The molecule has 1 fully saturated rings. The number of carbonyl (C=O) groups is 2. The number of ketones is 1. The molecule has 1 aliphatic rings. The minimum absolute atomic E-state index is 0.0303. The van der Waals surface area contributed by atoms with E-state index >= 15 is 0 Å².